The molecule has 2 heterocycles. The van der Waals surface area contributed by atoms with Gasteiger partial charge in [0.05, 0.1) is 24.5 Å². The molecule has 1 N–H and O–H groups in total. The number of methoxy groups -OCH3 is 1. The Labute approximate surface area is 311 Å². The fourth-order valence-corrected chi connectivity index (χ4v) is 8.34. The number of hydrogen-bond acceptors (Lipinski definition) is 10. The lowest BCUT2D eigenvalue weighted by molar-refractivity contribution is -0.149. The van der Waals surface area contributed by atoms with E-state index in [0.717, 1.165) is 31.4 Å². The van der Waals surface area contributed by atoms with Gasteiger partial charge in [-0.2, -0.15) is 0 Å². The second kappa shape index (κ2) is 17.9. The zero-order valence-electron chi connectivity index (χ0n) is 31.8. The van der Waals surface area contributed by atoms with Crippen LogP contribution in [0.25, 0.3) is 0 Å². The van der Waals surface area contributed by atoms with E-state index < -0.39 is 41.3 Å². The summed E-state index contributed by atoms with van der Waals surface area (Å²) in [6.07, 6.45) is 4.42. The third-order valence-corrected chi connectivity index (χ3v) is 11.4. The number of piperidine rings is 1. The van der Waals surface area contributed by atoms with Crippen molar-refractivity contribution in [3.63, 3.8) is 0 Å². The number of aromatic nitrogens is 1. The van der Waals surface area contributed by atoms with Crippen molar-refractivity contribution in [3.05, 3.63) is 51.2 Å². The first kappa shape index (κ1) is 41.1. The smallest absolute Gasteiger partial charge is 0.308 e. The van der Waals surface area contributed by atoms with Crippen molar-refractivity contribution < 1.29 is 37.8 Å². The molecule has 2 aliphatic rings. The molecule has 11 nitrogen and oxygen atoms in total. The molecule has 286 valence electrons. The number of ether oxygens (including phenoxy) is 2. The number of carbonyl (C=O) groups is 5. The Morgan fingerprint density at radius 1 is 1.12 bits per heavy atom. The SMILES string of the molecule is COC(=O)[C@@H](C)C[C@H](Cc1cc(C)cc(F)c1)NC(=O)c1csc([C@@H](C[C@H](C(C)C)N(C)C(=O)C2(CC(=O)[C@H]3CCCCN3C)CC2)OC(C)=O)n1. The largest absolute Gasteiger partial charge is 0.469 e. The van der Waals surface area contributed by atoms with Gasteiger partial charge in [-0.1, -0.05) is 33.3 Å². The standard InChI is InChI=1S/C39H55FN4O7S/c1-23(2)32(44(7)38(49)39(12-13-39)21-33(46)31-11-9-10-14-43(31)6)20-34(51-26(5)45)36-42-30(22-52-36)35(47)41-29(17-25(4)37(48)50-8)19-27-15-24(3)16-28(40)18-27/h15-16,18,22-23,25,29,31-32,34H,9-14,17,19-21H2,1-8H3,(H,41,47)/t25-,29+,31+,32+,34+/m0/s1. The van der Waals surface area contributed by atoms with Crippen molar-refractivity contribution in [2.75, 3.05) is 27.7 Å². The lowest BCUT2D eigenvalue weighted by Gasteiger charge is -2.36. The van der Waals surface area contributed by atoms with Crippen LogP contribution in [0.5, 0.6) is 0 Å². The molecule has 1 aromatic carbocycles. The van der Waals surface area contributed by atoms with E-state index in [4.69, 9.17) is 9.47 Å². The quantitative estimate of drug-likeness (QED) is 0.199. The molecule has 0 bridgehead atoms. The topological polar surface area (TPSA) is 135 Å². The van der Waals surface area contributed by atoms with Crippen LogP contribution in [-0.4, -0.2) is 90.2 Å². The number of likely N-dealkylation sites (N-methyl/N-ethyl adjacent to an activating group) is 1. The van der Waals surface area contributed by atoms with Crippen molar-refractivity contribution in [2.45, 2.75) is 117 Å². The zero-order valence-corrected chi connectivity index (χ0v) is 32.6. The van der Waals surface area contributed by atoms with E-state index in [1.165, 1.54) is 37.5 Å². The second-order valence-corrected chi connectivity index (χ2v) is 16.1. The van der Waals surface area contributed by atoms with Crippen molar-refractivity contribution in [1.29, 1.82) is 0 Å². The Morgan fingerprint density at radius 2 is 1.83 bits per heavy atom. The Hall–Kier alpha value is -3.71. The third-order valence-electron chi connectivity index (χ3n) is 10.5. The predicted octanol–water partition coefficient (Wildman–Crippen LogP) is 5.83. The number of aryl methyl sites for hydroxylation is 1. The molecule has 0 unspecified atom stereocenters. The Morgan fingerprint density at radius 3 is 2.42 bits per heavy atom. The van der Waals surface area contributed by atoms with Gasteiger partial charge in [0.25, 0.3) is 5.91 Å². The van der Waals surface area contributed by atoms with Crippen LogP contribution >= 0.6 is 11.3 Å². The fraction of sp³-hybridized carbons (Fsp3) is 0.641. The first-order valence-electron chi connectivity index (χ1n) is 18.3. The third kappa shape index (κ3) is 10.7. The molecule has 5 atom stereocenters. The van der Waals surface area contributed by atoms with Gasteiger partial charge in [0.1, 0.15) is 16.5 Å². The van der Waals surface area contributed by atoms with E-state index in [1.54, 1.807) is 31.2 Å². The lowest BCUT2D eigenvalue weighted by atomic mass is 9.88. The minimum absolute atomic E-state index is 0.0188. The molecule has 0 spiro atoms. The van der Waals surface area contributed by atoms with Gasteiger partial charge in [-0.3, -0.25) is 28.9 Å². The van der Waals surface area contributed by atoms with Gasteiger partial charge in [0, 0.05) is 44.3 Å². The number of amides is 2. The average Bonchev–Trinajstić information content (AvgIpc) is 3.67. The summed E-state index contributed by atoms with van der Waals surface area (Å²) in [5, 5.41) is 4.96. The van der Waals surface area contributed by atoms with Crippen LogP contribution in [0.1, 0.15) is 112 Å². The Bertz CT molecular complexity index is 1590. The van der Waals surface area contributed by atoms with Gasteiger partial charge < -0.3 is 19.7 Å². The number of rotatable bonds is 17. The molecule has 1 saturated heterocycles. The average molecular weight is 743 g/mol. The van der Waals surface area contributed by atoms with Crippen LogP contribution in [0.2, 0.25) is 0 Å². The van der Waals surface area contributed by atoms with E-state index in [-0.39, 0.29) is 66.9 Å². The maximum atomic E-state index is 14.2. The molecule has 1 aromatic heterocycles. The van der Waals surface area contributed by atoms with Crippen LogP contribution < -0.4 is 5.32 Å². The summed E-state index contributed by atoms with van der Waals surface area (Å²) in [7, 11) is 5.04. The summed E-state index contributed by atoms with van der Waals surface area (Å²) in [6, 6.07) is 3.63. The predicted molar refractivity (Wildman–Crippen MR) is 196 cm³/mol. The molecule has 0 radical (unpaired) electrons. The minimum atomic E-state index is -0.829. The number of likely N-dealkylation sites (tertiary alicyclic amines) is 1. The van der Waals surface area contributed by atoms with Crippen LogP contribution in [0, 0.1) is 30.0 Å². The normalized spacial score (nSPS) is 19.2. The Balaban J connectivity index is 1.49. The van der Waals surface area contributed by atoms with Gasteiger partial charge in [0.15, 0.2) is 11.9 Å². The van der Waals surface area contributed by atoms with E-state index in [0.29, 0.717) is 23.4 Å². The molecule has 1 aliphatic heterocycles. The summed E-state index contributed by atoms with van der Waals surface area (Å²) < 4.78 is 24.9. The number of nitrogens with one attached hydrogen (secondary N) is 1. The van der Waals surface area contributed by atoms with Crippen LogP contribution in [0.3, 0.4) is 0 Å². The van der Waals surface area contributed by atoms with Gasteiger partial charge in [-0.05, 0) is 88.2 Å². The molecule has 4 rings (SSSR count). The summed E-state index contributed by atoms with van der Waals surface area (Å²) in [6.45, 7) is 9.68. The van der Waals surface area contributed by atoms with Crippen molar-refractivity contribution in [2.24, 2.45) is 17.3 Å². The first-order chi connectivity index (χ1) is 24.5. The molecular weight excluding hydrogens is 688 g/mol. The maximum absolute atomic E-state index is 14.2. The van der Waals surface area contributed by atoms with Gasteiger partial charge in [-0.25, -0.2) is 9.37 Å². The van der Waals surface area contributed by atoms with Crippen molar-refractivity contribution in [1.82, 2.24) is 20.1 Å². The van der Waals surface area contributed by atoms with Gasteiger partial charge >= 0.3 is 11.9 Å². The monoisotopic (exact) mass is 742 g/mol. The molecule has 1 aliphatic carbocycles. The van der Waals surface area contributed by atoms with Crippen molar-refractivity contribution >= 4 is 40.9 Å². The number of hydrogen-bond donors (Lipinski definition) is 1. The zero-order chi connectivity index (χ0) is 38.3. The first-order valence-corrected chi connectivity index (χ1v) is 19.2. The van der Waals surface area contributed by atoms with Crippen LogP contribution in [0.15, 0.2) is 23.6 Å². The van der Waals surface area contributed by atoms with E-state index in [1.807, 2.05) is 27.0 Å². The summed E-state index contributed by atoms with van der Waals surface area (Å²) in [5.41, 5.74) is 0.817. The summed E-state index contributed by atoms with van der Waals surface area (Å²) >= 11 is 1.18. The summed E-state index contributed by atoms with van der Waals surface area (Å²) in [5.74, 6) is -2.31. The van der Waals surface area contributed by atoms with Gasteiger partial charge in [0.2, 0.25) is 5.91 Å². The number of benzene rings is 1. The number of carbonyl (C=O) groups excluding carboxylic acids is 5. The number of halogens is 1. The highest BCUT2D eigenvalue weighted by Crippen LogP contribution is 2.51. The van der Waals surface area contributed by atoms with Crippen molar-refractivity contribution in [3.8, 4) is 0 Å². The van der Waals surface area contributed by atoms with E-state index in [9.17, 15) is 28.4 Å². The highest BCUT2D eigenvalue weighted by Gasteiger charge is 2.54. The highest BCUT2D eigenvalue weighted by molar-refractivity contribution is 7.09. The Kier molecular flexibility index (Phi) is 14.1. The molecule has 52 heavy (non-hydrogen) atoms. The van der Waals surface area contributed by atoms with Gasteiger partial charge in [-0.15, -0.1) is 11.3 Å². The number of nitrogens with zero attached hydrogens (tertiary/aromatic N) is 3. The molecule has 1 saturated carbocycles. The number of esters is 2. The second-order valence-electron chi connectivity index (χ2n) is 15.2. The highest BCUT2D eigenvalue weighted by atomic mass is 32.1. The lowest BCUT2D eigenvalue weighted by Crippen LogP contribution is -2.47. The van der Waals surface area contributed by atoms with E-state index in [2.05, 4.69) is 15.2 Å². The molecule has 13 heteroatoms. The molecule has 2 amide bonds. The number of thiazole rings is 1. The maximum Gasteiger partial charge on any atom is 0.308 e. The molecular formula is C39H55FN4O7S. The minimum Gasteiger partial charge on any atom is -0.469 e. The summed E-state index contributed by atoms with van der Waals surface area (Å²) in [4.78, 5) is 74.0. The molecule has 2 aromatic rings. The fourth-order valence-electron chi connectivity index (χ4n) is 7.50. The molecule has 2 fully saturated rings. The number of ketones is 1. The van der Waals surface area contributed by atoms with E-state index >= 15 is 0 Å². The van der Waals surface area contributed by atoms with Crippen LogP contribution in [0.4, 0.5) is 4.39 Å². The number of Topliss-reactive ketones (excluding diaryl/α,β-unsaturated/α-hetero) is 1. The van der Waals surface area contributed by atoms with Crippen LogP contribution in [-0.2, 0) is 35.1 Å².